The minimum Gasteiger partial charge on any atom is -0.376 e. The zero-order chi connectivity index (χ0) is 18.4. The molecule has 1 heterocycles. The van der Waals surface area contributed by atoms with Crippen LogP contribution in [0.25, 0.3) is 0 Å². The van der Waals surface area contributed by atoms with Crippen molar-refractivity contribution >= 4 is 11.8 Å². The lowest BCUT2D eigenvalue weighted by Gasteiger charge is -2.09. The number of hydrogen-bond acceptors (Lipinski definition) is 4. The van der Waals surface area contributed by atoms with Gasteiger partial charge in [0.25, 0.3) is 5.91 Å². The molecule has 0 radical (unpaired) electrons. The molecule has 0 saturated carbocycles. The van der Waals surface area contributed by atoms with Crippen LogP contribution in [0.4, 0.5) is 8.78 Å². The Morgan fingerprint density at radius 3 is 2.44 bits per heavy atom. The number of rotatable bonds is 6. The average molecular weight is 349 g/mol. The van der Waals surface area contributed by atoms with Gasteiger partial charge < -0.3 is 15.7 Å². The molecule has 0 bridgehead atoms. The molecule has 0 spiro atoms. The molecule has 0 saturated heterocycles. The number of aliphatic hydroxyl groups excluding tert-OH is 1. The van der Waals surface area contributed by atoms with Gasteiger partial charge in [-0.1, -0.05) is 0 Å². The van der Waals surface area contributed by atoms with E-state index in [1.54, 1.807) is 0 Å². The molecule has 2 aromatic rings. The van der Waals surface area contributed by atoms with Crippen molar-refractivity contribution in [2.75, 3.05) is 6.73 Å². The van der Waals surface area contributed by atoms with Gasteiger partial charge in [-0.2, -0.15) is 0 Å². The van der Waals surface area contributed by atoms with Crippen LogP contribution < -0.4 is 10.6 Å². The molecule has 3 N–H and O–H groups in total. The molecule has 132 valence electrons. The summed E-state index contributed by atoms with van der Waals surface area (Å²) in [6.45, 7) is 0.672. The molecular weight excluding hydrogens is 332 g/mol. The van der Waals surface area contributed by atoms with Crippen LogP contribution in [0, 0.1) is 11.6 Å². The second kappa shape index (κ2) is 8.29. The predicted octanol–water partition coefficient (Wildman–Crippen LogP) is 1.27. The number of benzene rings is 1. The zero-order valence-corrected chi connectivity index (χ0v) is 13.5. The minimum atomic E-state index is -0.632. The van der Waals surface area contributed by atoms with Crippen LogP contribution in [0.3, 0.4) is 0 Å². The van der Waals surface area contributed by atoms with Crippen molar-refractivity contribution in [3.05, 3.63) is 64.5 Å². The number of pyridine rings is 1. The lowest BCUT2D eigenvalue weighted by Crippen LogP contribution is -2.24. The van der Waals surface area contributed by atoms with E-state index in [9.17, 15) is 18.4 Å². The Bertz CT molecular complexity index is 797. The van der Waals surface area contributed by atoms with Crippen molar-refractivity contribution < 1.29 is 23.5 Å². The average Bonchev–Trinajstić information content (AvgIpc) is 2.57. The summed E-state index contributed by atoms with van der Waals surface area (Å²) in [5.41, 5.74) is 0.865. The lowest BCUT2D eigenvalue weighted by atomic mass is 10.0. The third kappa shape index (κ3) is 5.05. The molecule has 25 heavy (non-hydrogen) atoms. The van der Waals surface area contributed by atoms with Crippen molar-refractivity contribution in [3.8, 4) is 0 Å². The van der Waals surface area contributed by atoms with Crippen LogP contribution in [0.15, 0.2) is 30.6 Å². The largest absolute Gasteiger partial charge is 0.376 e. The molecule has 0 atom stereocenters. The first kappa shape index (κ1) is 18.5. The van der Waals surface area contributed by atoms with Gasteiger partial charge in [0.15, 0.2) is 0 Å². The highest BCUT2D eigenvalue weighted by Gasteiger charge is 2.12. The van der Waals surface area contributed by atoms with E-state index in [-0.39, 0.29) is 35.6 Å². The molecule has 0 fully saturated rings. The third-order valence-electron chi connectivity index (χ3n) is 3.43. The molecule has 1 aromatic carbocycles. The zero-order valence-electron chi connectivity index (χ0n) is 13.5. The van der Waals surface area contributed by atoms with E-state index in [1.165, 1.54) is 25.4 Å². The molecule has 0 unspecified atom stereocenters. The molecule has 6 nitrogen and oxygen atoms in total. The number of amides is 2. The van der Waals surface area contributed by atoms with Gasteiger partial charge in [0.05, 0.1) is 5.56 Å². The van der Waals surface area contributed by atoms with E-state index in [0.717, 1.165) is 12.1 Å². The van der Waals surface area contributed by atoms with Crippen LogP contribution in [0.5, 0.6) is 0 Å². The summed E-state index contributed by atoms with van der Waals surface area (Å²) in [4.78, 5) is 26.4. The number of aromatic nitrogens is 1. The van der Waals surface area contributed by atoms with Gasteiger partial charge in [-0.3, -0.25) is 14.6 Å². The monoisotopic (exact) mass is 349 g/mol. The van der Waals surface area contributed by atoms with Crippen LogP contribution in [-0.2, 0) is 17.8 Å². The van der Waals surface area contributed by atoms with E-state index in [0.29, 0.717) is 5.56 Å². The lowest BCUT2D eigenvalue weighted by molar-refractivity contribution is -0.119. The fourth-order valence-electron chi connectivity index (χ4n) is 2.22. The van der Waals surface area contributed by atoms with Crippen LogP contribution in [0.2, 0.25) is 0 Å². The Hall–Kier alpha value is -2.87. The van der Waals surface area contributed by atoms with E-state index >= 15 is 0 Å². The Balaban J connectivity index is 2.20. The summed E-state index contributed by atoms with van der Waals surface area (Å²) < 4.78 is 28.3. The Morgan fingerprint density at radius 2 is 1.76 bits per heavy atom. The smallest absolute Gasteiger partial charge is 0.254 e. The van der Waals surface area contributed by atoms with Gasteiger partial charge >= 0.3 is 0 Å². The summed E-state index contributed by atoms with van der Waals surface area (Å²) >= 11 is 0. The van der Waals surface area contributed by atoms with Crippen molar-refractivity contribution in [2.45, 2.75) is 19.9 Å². The Morgan fingerprint density at radius 1 is 1.08 bits per heavy atom. The molecule has 2 amide bonds. The standard InChI is InChI=1S/C17H17F2N3O3/c1-10(24)21-8-13-5-15(18)12(4-16(13)19)2-11-3-14(7-20-6-11)17(25)22-9-23/h3-7,23H,2,8-9H2,1H3,(H,21,24)(H,22,25). The van der Waals surface area contributed by atoms with E-state index < -0.39 is 24.3 Å². The van der Waals surface area contributed by atoms with Crippen molar-refractivity contribution in [1.29, 1.82) is 0 Å². The summed E-state index contributed by atoms with van der Waals surface area (Å²) in [7, 11) is 0. The van der Waals surface area contributed by atoms with Crippen molar-refractivity contribution in [1.82, 2.24) is 15.6 Å². The molecular formula is C17H17F2N3O3. The number of halogens is 2. The first-order valence-corrected chi connectivity index (χ1v) is 7.45. The normalized spacial score (nSPS) is 10.4. The minimum absolute atomic E-state index is 0.0381. The van der Waals surface area contributed by atoms with Crippen LogP contribution in [0.1, 0.15) is 34.0 Å². The second-order valence-corrected chi connectivity index (χ2v) is 5.37. The SMILES string of the molecule is CC(=O)NCc1cc(F)c(Cc2cncc(C(=O)NCO)c2)cc1F. The summed E-state index contributed by atoms with van der Waals surface area (Å²) in [6.07, 6.45) is 2.79. The molecule has 0 aliphatic carbocycles. The number of nitrogens with zero attached hydrogens (tertiary/aromatic N) is 1. The Kier molecular flexibility index (Phi) is 6.13. The molecule has 2 rings (SSSR count). The van der Waals surface area contributed by atoms with Crippen LogP contribution in [-0.4, -0.2) is 28.6 Å². The molecule has 0 aliphatic heterocycles. The van der Waals surface area contributed by atoms with Crippen molar-refractivity contribution in [2.24, 2.45) is 0 Å². The molecule has 8 heteroatoms. The van der Waals surface area contributed by atoms with Crippen molar-refractivity contribution in [3.63, 3.8) is 0 Å². The predicted molar refractivity (Wildman–Crippen MR) is 85.5 cm³/mol. The first-order valence-electron chi connectivity index (χ1n) is 7.45. The summed E-state index contributed by atoms with van der Waals surface area (Å²) in [5, 5.41) is 13.3. The van der Waals surface area contributed by atoms with E-state index in [1.807, 2.05) is 0 Å². The summed E-state index contributed by atoms with van der Waals surface area (Å²) in [5.74, 6) is -2.11. The molecule has 0 aliphatic rings. The highest BCUT2D eigenvalue weighted by molar-refractivity contribution is 5.93. The fraction of sp³-hybridized carbons (Fsp3) is 0.235. The number of aliphatic hydroxyl groups is 1. The maximum absolute atomic E-state index is 14.2. The third-order valence-corrected chi connectivity index (χ3v) is 3.43. The highest BCUT2D eigenvalue weighted by Crippen LogP contribution is 2.18. The number of nitrogens with one attached hydrogen (secondary N) is 2. The van der Waals surface area contributed by atoms with E-state index in [2.05, 4.69) is 15.6 Å². The maximum Gasteiger partial charge on any atom is 0.254 e. The van der Waals surface area contributed by atoms with Gasteiger partial charge in [0, 0.05) is 37.8 Å². The van der Waals surface area contributed by atoms with E-state index in [4.69, 9.17) is 5.11 Å². The van der Waals surface area contributed by atoms with Gasteiger partial charge in [-0.15, -0.1) is 0 Å². The van der Waals surface area contributed by atoms with Crippen LogP contribution >= 0.6 is 0 Å². The number of carbonyl (C=O) groups is 2. The topological polar surface area (TPSA) is 91.3 Å². The summed E-state index contributed by atoms with van der Waals surface area (Å²) in [6, 6.07) is 3.59. The van der Waals surface area contributed by atoms with Gasteiger partial charge in [-0.05, 0) is 29.3 Å². The quantitative estimate of drug-likeness (QED) is 0.685. The van der Waals surface area contributed by atoms with Gasteiger partial charge in [0.2, 0.25) is 5.91 Å². The highest BCUT2D eigenvalue weighted by atomic mass is 19.1. The number of carbonyl (C=O) groups excluding carboxylic acids is 2. The molecule has 1 aromatic heterocycles. The second-order valence-electron chi connectivity index (χ2n) is 5.37. The van der Waals surface area contributed by atoms with Gasteiger partial charge in [-0.25, -0.2) is 8.78 Å². The number of hydrogen-bond donors (Lipinski definition) is 3. The van der Waals surface area contributed by atoms with Gasteiger partial charge in [0.1, 0.15) is 18.4 Å². The Labute approximate surface area is 142 Å². The first-order chi connectivity index (χ1) is 11.9. The fourth-order valence-corrected chi connectivity index (χ4v) is 2.22. The maximum atomic E-state index is 14.2.